The molecule has 1 rings (SSSR count). The van der Waals surface area contributed by atoms with Crippen molar-refractivity contribution in [1.29, 1.82) is 0 Å². The zero-order valence-electron chi connectivity index (χ0n) is 5.83. The van der Waals surface area contributed by atoms with Gasteiger partial charge in [-0.05, 0) is 6.42 Å². The summed E-state index contributed by atoms with van der Waals surface area (Å²) in [6.07, 6.45) is -0.447. The van der Waals surface area contributed by atoms with Gasteiger partial charge >= 0.3 is 5.97 Å². The minimum Gasteiger partial charge on any atom is -0.481 e. The van der Waals surface area contributed by atoms with E-state index in [1.54, 1.807) is 0 Å². The summed E-state index contributed by atoms with van der Waals surface area (Å²) >= 11 is 5.63. The molecule has 3 atom stereocenters. The van der Waals surface area contributed by atoms with E-state index in [-0.39, 0.29) is 0 Å². The van der Waals surface area contributed by atoms with E-state index in [0.29, 0.717) is 13.0 Å². The molecule has 0 aromatic carbocycles. The van der Waals surface area contributed by atoms with Gasteiger partial charge in [0.2, 0.25) is 0 Å². The van der Waals surface area contributed by atoms with Gasteiger partial charge in [-0.1, -0.05) is 0 Å². The molecule has 0 bridgehead atoms. The van der Waals surface area contributed by atoms with Crippen LogP contribution in [0.2, 0.25) is 0 Å². The number of aliphatic carboxylic acids is 1. The van der Waals surface area contributed by atoms with Gasteiger partial charge in [0, 0.05) is 6.54 Å². The number of nitrogens with one attached hydrogen (secondary N) is 1. The molecule has 3 unspecified atom stereocenters. The SMILES string of the molecule is O=C(O)C1CNC(O)C(Cl)C1. The van der Waals surface area contributed by atoms with Crippen LogP contribution >= 0.6 is 11.6 Å². The normalized spacial score (nSPS) is 38.5. The van der Waals surface area contributed by atoms with Crippen molar-refractivity contribution in [3.05, 3.63) is 0 Å². The summed E-state index contributed by atoms with van der Waals surface area (Å²) in [7, 11) is 0. The van der Waals surface area contributed by atoms with Crippen LogP contribution in [0.3, 0.4) is 0 Å². The van der Waals surface area contributed by atoms with Gasteiger partial charge in [0.1, 0.15) is 6.23 Å². The number of hydrogen-bond donors (Lipinski definition) is 3. The summed E-state index contributed by atoms with van der Waals surface area (Å²) in [4.78, 5) is 10.4. The van der Waals surface area contributed by atoms with Crippen molar-refractivity contribution >= 4 is 17.6 Å². The molecule has 64 valence electrons. The summed E-state index contributed by atoms with van der Waals surface area (Å²) in [5.41, 5.74) is 0. The number of aliphatic hydroxyl groups excluding tert-OH is 1. The molecule has 1 aliphatic heterocycles. The van der Waals surface area contributed by atoms with Crippen LogP contribution in [0.25, 0.3) is 0 Å². The lowest BCUT2D eigenvalue weighted by molar-refractivity contribution is -0.143. The molecular weight excluding hydrogens is 170 g/mol. The molecule has 1 fully saturated rings. The molecule has 0 radical (unpaired) electrons. The summed E-state index contributed by atoms with van der Waals surface area (Å²) in [6.45, 7) is 0.291. The van der Waals surface area contributed by atoms with E-state index < -0.39 is 23.5 Å². The first kappa shape index (κ1) is 8.77. The number of aliphatic hydroxyl groups is 1. The zero-order chi connectivity index (χ0) is 8.43. The topological polar surface area (TPSA) is 69.6 Å². The van der Waals surface area contributed by atoms with E-state index in [9.17, 15) is 4.79 Å². The molecule has 1 heterocycles. The highest BCUT2D eigenvalue weighted by atomic mass is 35.5. The van der Waals surface area contributed by atoms with Crippen LogP contribution in [0, 0.1) is 5.92 Å². The minimum absolute atomic E-state index is 0.291. The van der Waals surface area contributed by atoms with Gasteiger partial charge in [-0.3, -0.25) is 10.1 Å². The molecule has 0 aromatic heterocycles. The van der Waals surface area contributed by atoms with Gasteiger partial charge in [-0.2, -0.15) is 0 Å². The van der Waals surface area contributed by atoms with E-state index in [0.717, 1.165) is 0 Å². The van der Waals surface area contributed by atoms with Crippen LogP contribution in [0.4, 0.5) is 0 Å². The van der Waals surface area contributed by atoms with Crippen LogP contribution in [0.1, 0.15) is 6.42 Å². The Labute approximate surface area is 69.2 Å². The second kappa shape index (κ2) is 3.38. The van der Waals surface area contributed by atoms with Gasteiger partial charge in [-0.15, -0.1) is 11.6 Å². The van der Waals surface area contributed by atoms with Crippen molar-refractivity contribution in [2.45, 2.75) is 18.0 Å². The van der Waals surface area contributed by atoms with Crippen LogP contribution in [0.5, 0.6) is 0 Å². The van der Waals surface area contributed by atoms with Crippen molar-refractivity contribution < 1.29 is 15.0 Å². The number of piperidine rings is 1. The number of carboxylic acid groups (broad SMARTS) is 1. The molecule has 3 N–H and O–H groups in total. The Morgan fingerprint density at radius 3 is 2.73 bits per heavy atom. The average Bonchev–Trinajstić information content (AvgIpc) is 1.94. The Hall–Kier alpha value is -0.320. The lowest BCUT2D eigenvalue weighted by atomic mass is 9.99. The Kier molecular flexibility index (Phi) is 2.70. The highest BCUT2D eigenvalue weighted by molar-refractivity contribution is 6.21. The van der Waals surface area contributed by atoms with Gasteiger partial charge < -0.3 is 10.2 Å². The molecule has 4 nitrogen and oxygen atoms in total. The minimum atomic E-state index is -0.866. The summed E-state index contributed by atoms with van der Waals surface area (Å²) in [5.74, 6) is -1.34. The number of rotatable bonds is 1. The predicted octanol–water partition coefficient (Wildman–Crippen LogP) is -0.394. The molecule has 11 heavy (non-hydrogen) atoms. The van der Waals surface area contributed by atoms with Gasteiger partial charge in [0.05, 0.1) is 11.3 Å². The third-order valence-corrected chi connectivity index (χ3v) is 2.19. The molecule has 5 heteroatoms. The summed E-state index contributed by atoms with van der Waals surface area (Å²) < 4.78 is 0. The van der Waals surface area contributed by atoms with Crippen molar-refractivity contribution in [3.63, 3.8) is 0 Å². The van der Waals surface area contributed by atoms with Crippen molar-refractivity contribution in [1.82, 2.24) is 5.32 Å². The van der Waals surface area contributed by atoms with Gasteiger partial charge in [0.25, 0.3) is 0 Å². The van der Waals surface area contributed by atoms with Gasteiger partial charge in [0.15, 0.2) is 0 Å². The third-order valence-electron chi connectivity index (χ3n) is 1.77. The molecule has 1 aliphatic rings. The van der Waals surface area contributed by atoms with Crippen molar-refractivity contribution in [2.24, 2.45) is 5.92 Å². The Morgan fingerprint density at radius 1 is 1.64 bits per heavy atom. The smallest absolute Gasteiger partial charge is 0.307 e. The molecular formula is C6H10ClNO3. The maximum Gasteiger partial charge on any atom is 0.307 e. The Balaban J connectivity index is 2.46. The number of halogens is 1. The molecule has 0 aromatic rings. The lowest BCUT2D eigenvalue weighted by Crippen LogP contribution is -2.48. The first-order valence-corrected chi connectivity index (χ1v) is 3.83. The molecule has 0 saturated carbocycles. The zero-order valence-corrected chi connectivity index (χ0v) is 6.58. The fourth-order valence-electron chi connectivity index (χ4n) is 1.06. The van der Waals surface area contributed by atoms with E-state index >= 15 is 0 Å². The van der Waals surface area contributed by atoms with Gasteiger partial charge in [-0.25, -0.2) is 0 Å². The average molecular weight is 180 g/mol. The van der Waals surface area contributed by atoms with Crippen LogP contribution < -0.4 is 5.32 Å². The van der Waals surface area contributed by atoms with E-state index in [1.165, 1.54) is 0 Å². The first-order valence-electron chi connectivity index (χ1n) is 3.39. The predicted molar refractivity (Wildman–Crippen MR) is 39.4 cm³/mol. The highest BCUT2D eigenvalue weighted by Gasteiger charge is 2.30. The van der Waals surface area contributed by atoms with Crippen LogP contribution in [0.15, 0.2) is 0 Å². The van der Waals surface area contributed by atoms with Crippen LogP contribution in [-0.2, 0) is 4.79 Å². The fourth-order valence-corrected chi connectivity index (χ4v) is 1.37. The number of carboxylic acids is 1. The largest absolute Gasteiger partial charge is 0.481 e. The van der Waals surface area contributed by atoms with E-state index in [1.807, 2.05) is 0 Å². The lowest BCUT2D eigenvalue weighted by Gasteiger charge is -2.28. The number of hydrogen-bond acceptors (Lipinski definition) is 3. The Morgan fingerprint density at radius 2 is 2.27 bits per heavy atom. The molecule has 1 saturated heterocycles. The molecule has 0 amide bonds. The van der Waals surface area contributed by atoms with Crippen molar-refractivity contribution in [3.8, 4) is 0 Å². The maximum absolute atomic E-state index is 10.4. The summed E-state index contributed by atoms with van der Waals surface area (Å²) in [5, 5.41) is 19.7. The number of alkyl halides is 1. The second-order valence-electron chi connectivity index (χ2n) is 2.64. The molecule has 0 aliphatic carbocycles. The monoisotopic (exact) mass is 179 g/mol. The van der Waals surface area contributed by atoms with E-state index in [2.05, 4.69) is 5.32 Å². The first-order chi connectivity index (χ1) is 5.11. The fraction of sp³-hybridized carbons (Fsp3) is 0.833. The van der Waals surface area contributed by atoms with Crippen LogP contribution in [-0.4, -0.2) is 34.3 Å². The third kappa shape index (κ3) is 2.05. The second-order valence-corrected chi connectivity index (χ2v) is 3.20. The maximum atomic E-state index is 10.4. The highest BCUT2D eigenvalue weighted by Crippen LogP contribution is 2.18. The van der Waals surface area contributed by atoms with E-state index in [4.69, 9.17) is 21.8 Å². The standard InChI is InChI=1S/C6H10ClNO3/c7-4-1-3(6(10)11)2-8-5(4)9/h3-5,8-9H,1-2H2,(H,10,11). The molecule has 0 spiro atoms. The van der Waals surface area contributed by atoms with Crippen molar-refractivity contribution in [2.75, 3.05) is 6.54 Å². The quantitative estimate of drug-likeness (QED) is 0.480. The Bertz CT molecular complexity index is 164. The number of carbonyl (C=O) groups is 1. The summed E-state index contributed by atoms with van der Waals surface area (Å²) in [6, 6.07) is 0.